The van der Waals surface area contributed by atoms with Gasteiger partial charge in [-0.2, -0.15) is 0 Å². The van der Waals surface area contributed by atoms with E-state index in [1.165, 1.54) is 5.56 Å². The van der Waals surface area contributed by atoms with Crippen molar-refractivity contribution in [3.63, 3.8) is 0 Å². The Morgan fingerprint density at radius 1 is 1.00 bits per heavy atom. The Bertz CT molecular complexity index is 615. The van der Waals surface area contributed by atoms with E-state index in [1.54, 1.807) is 20.3 Å². The van der Waals surface area contributed by atoms with Crippen LogP contribution in [0.4, 0.5) is 0 Å². The number of methoxy groups -OCH3 is 2. The first kappa shape index (κ1) is 13.5. The molecule has 1 N–H and O–H groups in total. The second kappa shape index (κ2) is 5.00. The second-order valence-electron chi connectivity index (χ2n) is 5.03. The molecule has 0 heterocycles. The van der Waals surface area contributed by atoms with Crippen molar-refractivity contribution in [1.82, 2.24) is 0 Å². The first-order chi connectivity index (χ1) is 8.99. The quantitative estimate of drug-likeness (QED) is 0.906. The van der Waals surface area contributed by atoms with Gasteiger partial charge in [0.1, 0.15) is 5.75 Å². The highest BCUT2D eigenvalue weighted by Gasteiger charge is 2.15. The number of benzene rings is 2. The van der Waals surface area contributed by atoms with Gasteiger partial charge < -0.3 is 14.6 Å². The summed E-state index contributed by atoms with van der Waals surface area (Å²) in [5.74, 6) is 1.86. The lowest BCUT2D eigenvalue weighted by atomic mass is 9.95. The number of aromatic hydroxyl groups is 1. The lowest BCUT2D eigenvalue weighted by molar-refractivity contribution is 0.371. The highest BCUT2D eigenvalue weighted by molar-refractivity contribution is 5.95. The van der Waals surface area contributed by atoms with Gasteiger partial charge in [0.25, 0.3) is 0 Å². The molecule has 0 atom stereocenters. The van der Waals surface area contributed by atoms with E-state index in [4.69, 9.17) is 9.47 Å². The van der Waals surface area contributed by atoms with Crippen LogP contribution in [0.1, 0.15) is 30.9 Å². The Labute approximate surface area is 113 Å². The minimum atomic E-state index is 0.142. The van der Waals surface area contributed by atoms with Crippen LogP contribution in [0, 0.1) is 6.92 Å². The molecule has 0 radical (unpaired) electrons. The van der Waals surface area contributed by atoms with Crippen LogP contribution in [0.5, 0.6) is 17.2 Å². The van der Waals surface area contributed by atoms with Gasteiger partial charge in [-0.1, -0.05) is 19.9 Å². The highest BCUT2D eigenvalue weighted by atomic mass is 16.5. The van der Waals surface area contributed by atoms with Crippen LogP contribution in [-0.2, 0) is 0 Å². The molecule has 0 aromatic heterocycles. The van der Waals surface area contributed by atoms with Crippen molar-refractivity contribution in [2.24, 2.45) is 0 Å². The third-order valence-electron chi connectivity index (χ3n) is 3.51. The topological polar surface area (TPSA) is 38.7 Å². The number of phenols is 1. The molecule has 0 bridgehead atoms. The average molecular weight is 260 g/mol. The van der Waals surface area contributed by atoms with Gasteiger partial charge in [-0.25, -0.2) is 0 Å². The van der Waals surface area contributed by atoms with Gasteiger partial charge in [0.15, 0.2) is 11.5 Å². The summed E-state index contributed by atoms with van der Waals surface area (Å²) >= 11 is 0. The zero-order valence-electron chi connectivity index (χ0n) is 12.1. The third kappa shape index (κ3) is 2.21. The fraction of sp³-hybridized carbons (Fsp3) is 0.375. The van der Waals surface area contributed by atoms with E-state index in [0.29, 0.717) is 11.7 Å². The van der Waals surface area contributed by atoms with Crippen molar-refractivity contribution in [3.8, 4) is 17.2 Å². The fourth-order valence-corrected chi connectivity index (χ4v) is 2.38. The largest absolute Gasteiger partial charge is 0.504 e. The molecule has 0 amide bonds. The highest BCUT2D eigenvalue weighted by Crippen LogP contribution is 2.41. The molecule has 0 saturated carbocycles. The van der Waals surface area contributed by atoms with Crippen molar-refractivity contribution in [3.05, 3.63) is 29.3 Å². The predicted octanol–water partition coefficient (Wildman–Crippen LogP) is 3.99. The maximum atomic E-state index is 10.0. The van der Waals surface area contributed by atoms with E-state index in [0.717, 1.165) is 22.1 Å². The van der Waals surface area contributed by atoms with Gasteiger partial charge in [0.2, 0.25) is 0 Å². The summed E-state index contributed by atoms with van der Waals surface area (Å²) in [5.41, 5.74) is 2.14. The monoisotopic (exact) mass is 260 g/mol. The zero-order valence-corrected chi connectivity index (χ0v) is 12.1. The molecule has 3 nitrogen and oxygen atoms in total. The van der Waals surface area contributed by atoms with E-state index in [-0.39, 0.29) is 5.75 Å². The number of ether oxygens (including phenoxy) is 2. The Hall–Kier alpha value is -1.90. The van der Waals surface area contributed by atoms with Gasteiger partial charge in [0, 0.05) is 10.9 Å². The van der Waals surface area contributed by atoms with E-state index < -0.39 is 0 Å². The van der Waals surface area contributed by atoms with Gasteiger partial charge in [0.05, 0.1) is 14.2 Å². The normalized spacial score (nSPS) is 11.1. The molecule has 19 heavy (non-hydrogen) atoms. The average Bonchev–Trinajstić information content (AvgIpc) is 2.38. The molecule has 2 aromatic carbocycles. The predicted molar refractivity (Wildman–Crippen MR) is 77.5 cm³/mol. The van der Waals surface area contributed by atoms with Crippen molar-refractivity contribution in [2.75, 3.05) is 14.2 Å². The number of phenolic OH excluding ortho intramolecular Hbond substituents is 1. The Balaban J connectivity index is 2.87. The summed E-state index contributed by atoms with van der Waals surface area (Å²) in [6.45, 7) is 6.24. The molecule has 0 aliphatic carbocycles. The van der Waals surface area contributed by atoms with Crippen LogP contribution < -0.4 is 9.47 Å². The molecule has 102 valence electrons. The minimum absolute atomic E-state index is 0.142. The molecule has 2 aromatic rings. The molecule has 0 spiro atoms. The van der Waals surface area contributed by atoms with E-state index >= 15 is 0 Å². The van der Waals surface area contributed by atoms with Crippen LogP contribution in [-0.4, -0.2) is 19.3 Å². The molecule has 0 unspecified atom stereocenters. The number of aryl methyl sites for hydroxylation is 1. The number of fused-ring (bicyclic) bond motifs is 1. The smallest absolute Gasteiger partial charge is 0.164 e. The summed E-state index contributed by atoms with van der Waals surface area (Å²) in [4.78, 5) is 0. The van der Waals surface area contributed by atoms with E-state index in [2.05, 4.69) is 19.9 Å². The summed E-state index contributed by atoms with van der Waals surface area (Å²) in [6, 6.07) is 5.86. The Kier molecular flexibility index (Phi) is 3.56. The summed E-state index contributed by atoms with van der Waals surface area (Å²) < 4.78 is 10.7. The van der Waals surface area contributed by atoms with Gasteiger partial charge >= 0.3 is 0 Å². The second-order valence-corrected chi connectivity index (χ2v) is 5.03. The van der Waals surface area contributed by atoms with Crippen LogP contribution in [0.2, 0.25) is 0 Å². The van der Waals surface area contributed by atoms with Crippen molar-refractivity contribution in [1.29, 1.82) is 0 Å². The van der Waals surface area contributed by atoms with Crippen LogP contribution in [0.15, 0.2) is 18.2 Å². The molecule has 0 saturated heterocycles. The Morgan fingerprint density at radius 2 is 1.68 bits per heavy atom. The van der Waals surface area contributed by atoms with Gasteiger partial charge in [-0.3, -0.25) is 0 Å². The maximum absolute atomic E-state index is 10.0. The molecule has 3 heteroatoms. The van der Waals surface area contributed by atoms with Crippen molar-refractivity contribution < 1.29 is 14.6 Å². The number of hydrogen-bond acceptors (Lipinski definition) is 3. The van der Waals surface area contributed by atoms with E-state index in [1.807, 2.05) is 13.0 Å². The van der Waals surface area contributed by atoms with Crippen molar-refractivity contribution in [2.45, 2.75) is 26.7 Å². The van der Waals surface area contributed by atoms with Crippen LogP contribution in [0.25, 0.3) is 10.8 Å². The SMILES string of the molecule is COc1c(O)cc2c(OC)cc(C(C)C)cc2c1C. The molecule has 0 aliphatic rings. The van der Waals surface area contributed by atoms with Crippen LogP contribution in [0.3, 0.4) is 0 Å². The first-order valence-electron chi connectivity index (χ1n) is 6.37. The number of hydrogen-bond donors (Lipinski definition) is 1. The lowest BCUT2D eigenvalue weighted by Gasteiger charge is -2.16. The first-order valence-corrected chi connectivity index (χ1v) is 6.37. The van der Waals surface area contributed by atoms with E-state index in [9.17, 15) is 5.11 Å². The maximum Gasteiger partial charge on any atom is 0.164 e. The van der Waals surface area contributed by atoms with Crippen LogP contribution >= 0.6 is 0 Å². The lowest BCUT2D eigenvalue weighted by Crippen LogP contribution is -1.95. The molecule has 0 aliphatic heterocycles. The Morgan fingerprint density at radius 3 is 2.21 bits per heavy atom. The standard InChI is InChI=1S/C16H20O3/c1-9(2)11-6-12-10(3)16(19-5)14(17)8-13(12)15(7-11)18-4/h6-9,17H,1-5H3. The molecule has 0 fully saturated rings. The summed E-state index contributed by atoms with van der Waals surface area (Å²) in [6.07, 6.45) is 0. The van der Waals surface area contributed by atoms with Gasteiger partial charge in [-0.15, -0.1) is 0 Å². The summed E-state index contributed by atoms with van der Waals surface area (Å²) in [7, 11) is 3.22. The number of rotatable bonds is 3. The fourth-order valence-electron chi connectivity index (χ4n) is 2.38. The zero-order chi connectivity index (χ0) is 14.2. The molecular formula is C16H20O3. The summed E-state index contributed by atoms with van der Waals surface area (Å²) in [5, 5.41) is 12.0. The minimum Gasteiger partial charge on any atom is -0.504 e. The third-order valence-corrected chi connectivity index (χ3v) is 3.51. The van der Waals surface area contributed by atoms with Crippen molar-refractivity contribution >= 4 is 10.8 Å². The molecule has 2 rings (SSSR count). The molecular weight excluding hydrogens is 240 g/mol. The van der Waals surface area contributed by atoms with Gasteiger partial charge in [-0.05, 0) is 35.9 Å².